The van der Waals surface area contributed by atoms with E-state index in [1.807, 2.05) is 0 Å². The van der Waals surface area contributed by atoms with Crippen LogP contribution in [-0.4, -0.2) is 30.2 Å². The zero-order valence-electron chi connectivity index (χ0n) is 7.70. The molecule has 1 heterocycles. The number of hydrogen-bond donors (Lipinski definition) is 0. The Labute approximate surface area is 75.7 Å². The summed E-state index contributed by atoms with van der Waals surface area (Å²) in [4.78, 5) is 18.6. The highest BCUT2D eigenvalue weighted by Crippen LogP contribution is 2.11. The van der Waals surface area contributed by atoms with Crippen molar-refractivity contribution in [3.8, 4) is 5.88 Å². The lowest BCUT2D eigenvalue weighted by molar-refractivity contribution is 0.0585. The molecule has 0 aliphatic rings. The van der Waals surface area contributed by atoms with Gasteiger partial charge in [-0.3, -0.25) is 0 Å². The van der Waals surface area contributed by atoms with Gasteiger partial charge in [0.05, 0.1) is 14.2 Å². The van der Waals surface area contributed by atoms with Crippen molar-refractivity contribution in [2.24, 2.45) is 0 Å². The van der Waals surface area contributed by atoms with Gasteiger partial charge in [-0.1, -0.05) is 0 Å². The third kappa shape index (κ3) is 1.93. The monoisotopic (exact) mass is 182 g/mol. The number of ether oxygens (including phenoxy) is 2. The maximum absolute atomic E-state index is 11.0. The largest absolute Gasteiger partial charge is 0.481 e. The number of methoxy groups -OCH3 is 2. The van der Waals surface area contributed by atoms with Gasteiger partial charge in [0.2, 0.25) is 11.7 Å². The van der Waals surface area contributed by atoms with Crippen molar-refractivity contribution in [3.05, 3.63) is 17.6 Å². The van der Waals surface area contributed by atoms with E-state index in [0.29, 0.717) is 5.88 Å². The normalized spacial score (nSPS) is 9.46. The highest BCUT2D eigenvalue weighted by Gasteiger charge is 2.11. The van der Waals surface area contributed by atoms with Gasteiger partial charge in [-0.25, -0.2) is 9.78 Å². The molecule has 0 N–H and O–H groups in total. The first-order valence-electron chi connectivity index (χ1n) is 3.65. The Morgan fingerprint density at radius 1 is 1.46 bits per heavy atom. The molecule has 13 heavy (non-hydrogen) atoms. The summed E-state index contributed by atoms with van der Waals surface area (Å²) in [5.74, 6) is -0.182. The molecular formula is C8H10N2O3. The van der Waals surface area contributed by atoms with Gasteiger partial charge in [0.25, 0.3) is 0 Å². The molecule has 1 aromatic heterocycles. The standard InChI is InChI=1S/C8H10N2O3/c1-5-4-9-6(8(11)13-3)10-7(5)12-2/h4H,1-3H3. The second-order valence-electron chi connectivity index (χ2n) is 2.38. The summed E-state index contributed by atoms with van der Waals surface area (Å²) in [7, 11) is 2.76. The minimum Gasteiger partial charge on any atom is -0.481 e. The number of aromatic nitrogens is 2. The second-order valence-corrected chi connectivity index (χ2v) is 2.38. The molecule has 0 amide bonds. The summed E-state index contributed by atoms with van der Waals surface area (Å²) in [5, 5.41) is 0. The molecular weight excluding hydrogens is 172 g/mol. The topological polar surface area (TPSA) is 61.3 Å². The number of carbonyl (C=O) groups is 1. The van der Waals surface area contributed by atoms with Crippen LogP contribution in [0.5, 0.6) is 5.88 Å². The van der Waals surface area contributed by atoms with Gasteiger partial charge in [0.1, 0.15) is 0 Å². The fourth-order valence-corrected chi connectivity index (χ4v) is 0.823. The summed E-state index contributed by atoms with van der Waals surface area (Å²) < 4.78 is 9.38. The Morgan fingerprint density at radius 3 is 2.69 bits per heavy atom. The lowest BCUT2D eigenvalue weighted by Crippen LogP contribution is -2.08. The SMILES string of the molecule is COC(=O)c1ncc(C)c(OC)n1. The molecule has 0 aliphatic carbocycles. The van der Waals surface area contributed by atoms with Gasteiger partial charge in [0.15, 0.2) is 0 Å². The molecule has 5 heteroatoms. The number of hydrogen-bond acceptors (Lipinski definition) is 5. The van der Waals surface area contributed by atoms with Crippen molar-refractivity contribution < 1.29 is 14.3 Å². The summed E-state index contributed by atoms with van der Waals surface area (Å²) in [6.45, 7) is 1.79. The van der Waals surface area contributed by atoms with Crippen molar-refractivity contribution in [2.75, 3.05) is 14.2 Å². The summed E-state index contributed by atoms with van der Waals surface area (Å²) in [6.07, 6.45) is 1.51. The predicted molar refractivity (Wildman–Crippen MR) is 44.7 cm³/mol. The molecule has 1 rings (SSSR count). The smallest absolute Gasteiger partial charge is 0.376 e. The lowest BCUT2D eigenvalue weighted by atomic mass is 10.4. The molecule has 5 nitrogen and oxygen atoms in total. The first kappa shape index (κ1) is 9.44. The van der Waals surface area contributed by atoms with Crippen LogP contribution in [0, 0.1) is 6.92 Å². The van der Waals surface area contributed by atoms with E-state index in [2.05, 4.69) is 14.7 Å². The average molecular weight is 182 g/mol. The molecule has 70 valence electrons. The predicted octanol–water partition coefficient (Wildman–Crippen LogP) is 0.580. The third-order valence-corrected chi connectivity index (χ3v) is 1.49. The number of esters is 1. The van der Waals surface area contributed by atoms with Gasteiger partial charge < -0.3 is 9.47 Å². The zero-order chi connectivity index (χ0) is 9.84. The van der Waals surface area contributed by atoms with E-state index in [1.54, 1.807) is 6.92 Å². The molecule has 1 aromatic rings. The van der Waals surface area contributed by atoms with Crippen molar-refractivity contribution in [1.82, 2.24) is 9.97 Å². The van der Waals surface area contributed by atoms with Crippen LogP contribution in [0.3, 0.4) is 0 Å². The molecule has 0 bridgehead atoms. The van der Waals surface area contributed by atoms with Crippen molar-refractivity contribution in [1.29, 1.82) is 0 Å². The Hall–Kier alpha value is -1.65. The van der Waals surface area contributed by atoms with Crippen LogP contribution in [0.1, 0.15) is 16.2 Å². The Bertz CT molecular complexity index is 325. The summed E-state index contributed by atoms with van der Waals surface area (Å²) in [5.41, 5.74) is 0.773. The molecule has 0 atom stereocenters. The van der Waals surface area contributed by atoms with Gasteiger partial charge in [-0.15, -0.1) is 0 Å². The van der Waals surface area contributed by atoms with E-state index in [4.69, 9.17) is 4.74 Å². The fourth-order valence-electron chi connectivity index (χ4n) is 0.823. The molecule has 0 saturated heterocycles. The van der Waals surface area contributed by atoms with Crippen molar-refractivity contribution in [3.63, 3.8) is 0 Å². The van der Waals surface area contributed by atoms with Crippen LogP contribution in [0.2, 0.25) is 0 Å². The lowest BCUT2D eigenvalue weighted by Gasteiger charge is -2.03. The van der Waals surface area contributed by atoms with Crippen molar-refractivity contribution in [2.45, 2.75) is 6.92 Å². The van der Waals surface area contributed by atoms with Gasteiger partial charge >= 0.3 is 5.97 Å². The molecule has 0 aliphatic heterocycles. The van der Waals surface area contributed by atoms with E-state index in [0.717, 1.165) is 5.56 Å². The van der Waals surface area contributed by atoms with Crippen LogP contribution in [0.25, 0.3) is 0 Å². The van der Waals surface area contributed by atoms with Gasteiger partial charge in [-0.2, -0.15) is 4.98 Å². The maximum Gasteiger partial charge on any atom is 0.376 e. The zero-order valence-corrected chi connectivity index (χ0v) is 7.70. The highest BCUT2D eigenvalue weighted by atomic mass is 16.5. The Kier molecular flexibility index (Phi) is 2.79. The summed E-state index contributed by atoms with van der Waals surface area (Å²) in [6, 6.07) is 0. The maximum atomic E-state index is 11.0. The van der Waals surface area contributed by atoms with E-state index in [9.17, 15) is 4.79 Å². The minimum atomic E-state index is -0.571. The third-order valence-electron chi connectivity index (χ3n) is 1.49. The fraction of sp³-hybridized carbons (Fsp3) is 0.375. The van der Waals surface area contributed by atoms with E-state index in [-0.39, 0.29) is 5.82 Å². The quantitative estimate of drug-likeness (QED) is 0.626. The highest BCUT2D eigenvalue weighted by molar-refractivity contribution is 5.85. The van der Waals surface area contributed by atoms with Gasteiger partial charge in [0, 0.05) is 11.8 Å². The van der Waals surface area contributed by atoms with Crippen LogP contribution < -0.4 is 4.74 Å². The molecule has 0 saturated carbocycles. The molecule has 0 radical (unpaired) electrons. The summed E-state index contributed by atoms with van der Waals surface area (Å²) >= 11 is 0. The average Bonchev–Trinajstić information content (AvgIpc) is 2.17. The van der Waals surface area contributed by atoms with Crippen molar-refractivity contribution >= 4 is 5.97 Å². The van der Waals surface area contributed by atoms with Gasteiger partial charge in [-0.05, 0) is 6.92 Å². The first-order chi connectivity index (χ1) is 6.19. The van der Waals surface area contributed by atoms with E-state index in [1.165, 1.54) is 20.4 Å². The minimum absolute atomic E-state index is 0.00458. The molecule has 0 spiro atoms. The van der Waals surface area contributed by atoms with E-state index >= 15 is 0 Å². The molecule has 0 fully saturated rings. The van der Waals surface area contributed by atoms with E-state index < -0.39 is 5.97 Å². The molecule has 0 unspecified atom stereocenters. The molecule has 0 aromatic carbocycles. The van der Waals surface area contributed by atoms with Crippen LogP contribution in [-0.2, 0) is 4.74 Å². The van der Waals surface area contributed by atoms with Crippen LogP contribution in [0.15, 0.2) is 6.20 Å². The first-order valence-corrected chi connectivity index (χ1v) is 3.65. The number of carbonyl (C=O) groups excluding carboxylic acids is 1. The second kappa shape index (κ2) is 3.84. The number of aryl methyl sites for hydroxylation is 1. The Morgan fingerprint density at radius 2 is 2.15 bits per heavy atom. The van der Waals surface area contributed by atoms with Crippen LogP contribution in [0.4, 0.5) is 0 Å². The number of nitrogens with zero attached hydrogens (tertiary/aromatic N) is 2. The Balaban J connectivity index is 3.06. The van der Waals surface area contributed by atoms with Crippen LogP contribution >= 0.6 is 0 Å². The number of rotatable bonds is 2.